The molecule has 0 spiro atoms. The van der Waals surface area contributed by atoms with Crippen LogP contribution in [0, 0.1) is 13.8 Å². The Morgan fingerprint density at radius 2 is 2.20 bits per heavy atom. The number of imidazole rings is 1. The minimum atomic E-state index is -0.866. The van der Waals surface area contributed by atoms with Crippen molar-refractivity contribution in [2.75, 3.05) is 0 Å². The molecule has 0 fully saturated rings. The van der Waals surface area contributed by atoms with E-state index in [1.54, 1.807) is 19.4 Å². The SMILES string of the molecule is Cc1nc(=O)n(Cc2cnc[nH]2)c(C)c1CCC(=O)O. The maximum atomic E-state index is 12.0. The van der Waals surface area contributed by atoms with Gasteiger partial charge in [0.05, 0.1) is 18.6 Å². The highest BCUT2D eigenvalue weighted by Crippen LogP contribution is 2.12. The molecule has 2 rings (SSSR count). The number of H-pyrrole nitrogens is 1. The van der Waals surface area contributed by atoms with Crippen molar-refractivity contribution in [3.63, 3.8) is 0 Å². The van der Waals surface area contributed by atoms with E-state index in [9.17, 15) is 9.59 Å². The number of carboxylic acid groups (broad SMARTS) is 1. The van der Waals surface area contributed by atoms with Crippen molar-refractivity contribution < 1.29 is 9.90 Å². The van der Waals surface area contributed by atoms with Crippen LogP contribution in [0.1, 0.15) is 29.1 Å². The summed E-state index contributed by atoms with van der Waals surface area (Å²) in [6.07, 6.45) is 3.57. The number of carboxylic acids is 1. The fraction of sp³-hybridized carbons (Fsp3) is 0.385. The van der Waals surface area contributed by atoms with Crippen LogP contribution in [0.15, 0.2) is 17.3 Å². The van der Waals surface area contributed by atoms with E-state index in [4.69, 9.17) is 5.11 Å². The largest absolute Gasteiger partial charge is 0.481 e. The Kier molecular flexibility index (Phi) is 3.97. The molecule has 0 bridgehead atoms. The van der Waals surface area contributed by atoms with E-state index < -0.39 is 5.97 Å². The third-order valence-corrected chi connectivity index (χ3v) is 3.24. The van der Waals surface area contributed by atoms with Crippen molar-refractivity contribution in [1.82, 2.24) is 19.5 Å². The Bertz CT molecular complexity index is 674. The zero-order chi connectivity index (χ0) is 14.7. The van der Waals surface area contributed by atoms with E-state index in [2.05, 4.69) is 15.0 Å². The maximum absolute atomic E-state index is 12.0. The monoisotopic (exact) mass is 276 g/mol. The molecule has 2 aromatic rings. The zero-order valence-electron chi connectivity index (χ0n) is 11.4. The molecule has 20 heavy (non-hydrogen) atoms. The lowest BCUT2D eigenvalue weighted by atomic mass is 10.1. The molecule has 7 heteroatoms. The average Bonchev–Trinajstić information content (AvgIpc) is 2.86. The first-order valence-corrected chi connectivity index (χ1v) is 6.25. The Hall–Kier alpha value is -2.44. The Balaban J connectivity index is 2.38. The number of aromatic amines is 1. The van der Waals surface area contributed by atoms with Crippen molar-refractivity contribution in [2.24, 2.45) is 0 Å². The second-order valence-corrected chi connectivity index (χ2v) is 4.60. The van der Waals surface area contributed by atoms with Gasteiger partial charge in [0.25, 0.3) is 0 Å². The lowest BCUT2D eigenvalue weighted by Gasteiger charge is -2.14. The molecule has 2 N–H and O–H groups in total. The quantitative estimate of drug-likeness (QED) is 0.835. The minimum Gasteiger partial charge on any atom is -0.481 e. The fourth-order valence-electron chi connectivity index (χ4n) is 2.16. The molecule has 0 atom stereocenters. The van der Waals surface area contributed by atoms with Crippen molar-refractivity contribution in [3.05, 3.63) is 45.7 Å². The summed E-state index contributed by atoms with van der Waals surface area (Å²) in [6.45, 7) is 3.88. The molecule has 0 aliphatic heterocycles. The van der Waals surface area contributed by atoms with Crippen molar-refractivity contribution in [2.45, 2.75) is 33.2 Å². The predicted molar refractivity (Wildman–Crippen MR) is 71.6 cm³/mol. The van der Waals surface area contributed by atoms with Crippen LogP contribution in [0.25, 0.3) is 0 Å². The topological polar surface area (TPSA) is 101 Å². The van der Waals surface area contributed by atoms with Crippen molar-refractivity contribution >= 4 is 5.97 Å². The fourth-order valence-corrected chi connectivity index (χ4v) is 2.16. The van der Waals surface area contributed by atoms with Gasteiger partial charge in [0.1, 0.15) is 0 Å². The lowest BCUT2D eigenvalue weighted by Crippen LogP contribution is -2.28. The van der Waals surface area contributed by atoms with E-state index in [-0.39, 0.29) is 12.1 Å². The maximum Gasteiger partial charge on any atom is 0.348 e. The van der Waals surface area contributed by atoms with E-state index in [1.807, 2.05) is 6.92 Å². The van der Waals surface area contributed by atoms with E-state index in [1.165, 1.54) is 4.57 Å². The summed E-state index contributed by atoms with van der Waals surface area (Å²) in [6, 6.07) is 0. The summed E-state index contributed by atoms with van der Waals surface area (Å²) in [5.41, 5.74) is 2.61. The van der Waals surface area contributed by atoms with E-state index in [0.29, 0.717) is 18.7 Å². The second-order valence-electron chi connectivity index (χ2n) is 4.60. The van der Waals surface area contributed by atoms with Gasteiger partial charge in [-0.05, 0) is 25.8 Å². The van der Waals surface area contributed by atoms with Crippen LogP contribution in [0.3, 0.4) is 0 Å². The highest BCUT2D eigenvalue weighted by Gasteiger charge is 2.13. The lowest BCUT2D eigenvalue weighted by molar-refractivity contribution is -0.136. The van der Waals surface area contributed by atoms with Crippen molar-refractivity contribution in [1.29, 1.82) is 0 Å². The minimum absolute atomic E-state index is 0.0195. The molecule has 106 valence electrons. The van der Waals surface area contributed by atoms with Gasteiger partial charge in [0.2, 0.25) is 0 Å². The van der Waals surface area contributed by atoms with Gasteiger partial charge < -0.3 is 10.1 Å². The van der Waals surface area contributed by atoms with Gasteiger partial charge in [0, 0.05) is 24.0 Å². The van der Waals surface area contributed by atoms with Gasteiger partial charge in [-0.3, -0.25) is 9.36 Å². The van der Waals surface area contributed by atoms with Gasteiger partial charge in [-0.15, -0.1) is 0 Å². The molecule has 7 nitrogen and oxygen atoms in total. The highest BCUT2D eigenvalue weighted by molar-refractivity contribution is 5.67. The number of nitrogens with one attached hydrogen (secondary N) is 1. The number of hydrogen-bond donors (Lipinski definition) is 2. The van der Waals surface area contributed by atoms with Crippen LogP contribution in [0.4, 0.5) is 0 Å². The van der Waals surface area contributed by atoms with E-state index >= 15 is 0 Å². The summed E-state index contributed by atoms with van der Waals surface area (Å²) < 4.78 is 1.53. The first-order valence-electron chi connectivity index (χ1n) is 6.25. The Morgan fingerprint density at radius 3 is 2.80 bits per heavy atom. The van der Waals surface area contributed by atoms with Gasteiger partial charge in [-0.1, -0.05) is 0 Å². The van der Waals surface area contributed by atoms with Crippen LogP contribution < -0.4 is 5.69 Å². The van der Waals surface area contributed by atoms with Crippen LogP contribution >= 0.6 is 0 Å². The van der Waals surface area contributed by atoms with Crippen LogP contribution in [0.2, 0.25) is 0 Å². The van der Waals surface area contributed by atoms with Gasteiger partial charge in [0.15, 0.2) is 0 Å². The zero-order valence-corrected chi connectivity index (χ0v) is 11.4. The van der Waals surface area contributed by atoms with Crippen LogP contribution in [-0.2, 0) is 17.8 Å². The number of nitrogens with zero attached hydrogens (tertiary/aromatic N) is 3. The molecule has 0 aromatic carbocycles. The average molecular weight is 276 g/mol. The molecular formula is C13H16N4O3. The van der Waals surface area contributed by atoms with Gasteiger partial charge in [-0.2, -0.15) is 4.98 Å². The first-order chi connectivity index (χ1) is 9.49. The molecule has 0 unspecified atom stereocenters. The first kappa shape index (κ1) is 14.0. The summed E-state index contributed by atoms with van der Waals surface area (Å²) in [5, 5.41) is 8.79. The molecule has 0 radical (unpaired) electrons. The molecule has 2 aromatic heterocycles. The number of hydrogen-bond acceptors (Lipinski definition) is 4. The normalized spacial score (nSPS) is 10.7. The van der Waals surface area contributed by atoms with Gasteiger partial charge in [-0.25, -0.2) is 9.78 Å². The molecule has 0 saturated carbocycles. The predicted octanol–water partition coefficient (Wildman–Crippen LogP) is 0.649. The van der Waals surface area contributed by atoms with Crippen LogP contribution in [-0.4, -0.2) is 30.6 Å². The third kappa shape index (κ3) is 2.93. The summed E-state index contributed by atoms with van der Waals surface area (Å²) in [5.74, 6) is -0.866. The number of aryl methyl sites for hydroxylation is 1. The number of rotatable bonds is 5. The molecular weight excluding hydrogens is 260 g/mol. The molecule has 0 aliphatic carbocycles. The molecule has 0 saturated heterocycles. The third-order valence-electron chi connectivity index (χ3n) is 3.24. The highest BCUT2D eigenvalue weighted by atomic mass is 16.4. The Morgan fingerprint density at radius 1 is 1.45 bits per heavy atom. The Labute approximate surface area is 115 Å². The number of aromatic nitrogens is 4. The molecule has 0 aliphatic rings. The summed E-state index contributed by atoms with van der Waals surface area (Å²) >= 11 is 0. The van der Waals surface area contributed by atoms with Crippen LogP contribution in [0.5, 0.6) is 0 Å². The molecule has 0 amide bonds. The molecule has 2 heterocycles. The summed E-state index contributed by atoms with van der Waals surface area (Å²) in [7, 11) is 0. The number of aliphatic carboxylic acids is 1. The summed E-state index contributed by atoms with van der Waals surface area (Å²) in [4.78, 5) is 33.5. The van der Waals surface area contributed by atoms with Gasteiger partial charge >= 0.3 is 11.7 Å². The number of carbonyl (C=O) groups is 1. The second kappa shape index (κ2) is 5.68. The standard InChI is InChI=1S/C13H16N4O3/c1-8-11(3-4-12(18)19)9(2)17(13(20)16-8)6-10-5-14-7-15-10/h5,7H,3-4,6H2,1-2H3,(H,14,15)(H,18,19). The van der Waals surface area contributed by atoms with Crippen molar-refractivity contribution in [3.8, 4) is 0 Å². The smallest absolute Gasteiger partial charge is 0.348 e. The van der Waals surface area contributed by atoms with E-state index in [0.717, 1.165) is 17.0 Å².